The molecule has 0 atom stereocenters. The highest BCUT2D eigenvalue weighted by molar-refractivity contribution is 9.10. The van der Waals surface area contributed by atoms with E-state index in [4.69, 9.17) is 0 Å². The maximum absolute atomic E-state index is 11.9. The SMILES string of the molecule is CCC1(C(=O)Nc2cccc(Br)n2)CC1. The number of carbonyl (C=O) groups excluding carboxylic acids is 1. The highest BCUT2D eigenvalue weighted by Crippen LogP contribution is 2.49. The van der Waals surface area contributed by atoms with Crippen molar-refractivity contribution in [1.29, 1.82) is 0 Å². The second kappa shape index (κ2) is 3.93. The molecule has 4 heteroatoms. The Morgan fingerprint density at radius 3 is 2.87 bits per heavy atom. The van der Waals surface area contributed by atoms with Crippen molar-refractivity contribution in [3.8, 4) is 0 Å². The fourth-order valence-corrected chi connectivity index (χ4v) is 1.96. The second-order valence-electron chi connectivity index (χ2n) is 3.93. The molecular formula is C11H13BrN2O. The molecule has 0 unspecified atom stereocenters. The predicted octanol–water partition coefficient (Wildman–Crippen LogP) is 2.97. The number of rotatable bonds is 3. The summed E-state index contributed by atoms with van der Waals surface area (Å²) < 4.78 is 0.738. The highest BCUT2D eigenvalue weighted by Gasteiger charge is 2.47. The van der Waals surface area contributed by atoms with Gasteiger partial charge in [0.25, 0.3) is 0 Å². The van der Waals surface area contributed by atoms with Crippen molar-refractivity contribution in [2.75, 3.05) is 5.32 Å². The Balaban J connectivity index is 2.06. The van der Waals surface area contributed by atoms with Crippen LogP contribution in [0.25, 0.3) is 0 Å². The van der Waals surface area contributed by atoms with Gasteiger partial charge in [-0.15, -0.1) is 0 Å². The molecule has 1 aromatic heterocycles. The van der Waals surface area contributed by atoms with E-state index in [1.54, 1.807) is 6.07 Å². The van der Waals surface area contributed by atoms with E-state index in [9.17, 15) is 4.79 Å². The number of hydrogen-bond acceptors (Lipinski definition) is 2. The molecule has 1 aromatic rings. The van der Waals surface area contributed by atoms with Crippen molar-refractivity contribution in [2.24, 2.45) is 5.41 Å². The average molecular weight is 269 g/mol. The molecule has 0 aromatic carbocycles. The summed E-state index contributed by atoms with van der Waals surface area (Å²) >= 11 is 3.27. The molecule has 1 aliphatic rings. The van der Waals surface area contributed by atoms with Crippen LogP contribution >= 0.6 is 15.9 Å². The number of pyridine rings is 1. The van der Waals surface area contributed by atoms with Crippen molar-refractivity contribution >= 4 is 27.7 Å². The van der Waals surface area contributed by atoms with Gasteiger partial charge in [0.2, 0.25) is 5.91 Å². The van der Waals surface area contributed by atoms with Crippen LogP contribution in [0, 0.1) is 5.41 Å². The van der Waals surface area contributed by atoms with Crippen LogP contribution in [0.5, 0.6) is 0 Å². The Morgan fingerprint density at radius 2 is 2.33 bits per heavy atom. The second-order valence-corrected chi connectivity index (χ2v) is 4.75. The first-order valence-electron chi connectivity index (χ1n) is 5.10. The summed E-state index contributed by atoms with van der Waals surface area (Å²) in [6.07, 6.45) is 2.92. The van der Waals surface area contributed by atoms with Crippen LogP contribution in [0.4, 0.5) is 5.82 Å². The molecule has 3 nitrogen and oxygen atoms in total. The maximum atomic E-state index is 11.9. The van der Waals surface area contributed by atoms with Gasteiger partial charge in [-0.25, -0.2) is 4.98 Å². The topological polar surface area (TPSA) is 42.0 Å². The van der Waals surface area contributed by atoms with E-state index in [0.29, 0.717) is 5.82 Å². The molecule has 15 heavy (non-hydrogen) atoms. The molecule has 1 amide bonds. The smallest absolute Gasteiger partial charge is 0.231 e. The van der Waals surface area contributed by atoms with Crippen LogP contribution < -0.4 is 5.32 Å². The number of nitrogens with one attached hydrogen (secondary N) is 1. The van der Waals surface area contributed by atoms with E-state index < -0.39 is 0 Å². The molecule has 80 valence electrons. The number of hydrogen-bond donors (Lipinski definition) is 1. The zero-order valence-corrected chi connectivity index (χ0v) is 10.2. The normalized spacial score (nSPS) is 17.2. The van der Waals surface area contributed by atoms with Crippen LogP contribution in [0.3, 0.4) is 0 Å². The molecule has 0 saturated heterocycles. The number of nitrogens with zero attached hydrogens (tertiary/aromatic N) is 1. The van der Waals surface area contributed by atoms with Crippen LogP contribution in [0.2, 0.25) is 0 Å². The molecule has 0 spiro atoms. The minimum atomic E-state index is -0.107. The molecular weight excluding hydrogens is 256 g/mol. The van der Waals surface area contributed by atoms with Crippen molar-refractivity contribution in [3.05, 3.63) is 22.8 Å². The van der Waals surface area contributed by atoms with Crippen molar-refractivity contribution in [3.63, 3.8) is 0 Å². The standard InChI is InChI=1S/C11H13BrN2O/c1-2-11(6-7-11)10(15)14-9-5-3-4-8(12)13-9/h3-5H,2,6-7H2,1H3,(H,13,14,15). The molecule has 0 bridgehead atoms. The van der Waals surface area contributed by atoms with Crippen molar-refractivity contribution in [1.82, 2.24) is 4.98 Å². The molecule has 0 aliphatic heterocycles. The Morgan fingerprint density at radius 1 is 1.60 bits per heavy atom. The Kier molecular flexibility index (Phi) is 2.78. The van der Waals surface area contributed by atoms with Crippen molar-refractivity contribution < 1.29 is 4.79 Å². The summed E-state index contributed by atoms with van der Waals surface area (Å²) in [5.41, 5.74) is -0.107. The first kappa shape index (κ1) is 10.6. The predicted molar refractivity (Wildman–Crippen MR) is 62.5 cm³/mol. The lowest BCUT2D eigenvalue weighted by atomic mass is 10.0. The van der Waals surface area contributed by atoms with E-state index in [0.717, 1.165) is 23.9 Å². The third kappa shape index (κ3) is 2.20. The lowest BCUT2D eigenvalue weighted by Gasteiger charge is -2.12. The van der Waals surface area contributed by atoms with Crippen molar-refractivity contribution in [2.45, 2.75) is 26.2 Å². The molecule has 1 aliphatic carbocycles. The summed E-state index contributed by atoms with van der Waals surface area (Å²) in [6.45, 7) is 2.06. The zero-order chi connectivity index (χ0) is 10.9. The number of halogens is 1. The number of anilines is 1. The Labute approximate surface area is 97.4 Å². The van der Waals surface area contributed by atoms with Gasteiger partial charge in [0.1, 0.15) is 10.4 Å². The minimum absolute atomic E-state index is 0.107. The highest BCUT2D eigenvalue weighted by atomic mass is 79.9. The molecule has 1 saturated carbocycles. The summed E-state index contributed by atoms with van der Waals surface area (Å²) in [7, 11) is 0. The number of carbonyl (C=O) groups is 1. The van der Waals surface area contributed by atoms with Gasteiger partial charge < -0.3 is 5.32 Å². The van der Waals surface area contributed by atoms with Gasteiger partial charge in [0.15, 0.2) is 0 Å². The summed E-state index contributed by atoms with van der Waals surface area (Å²) in [5.74, 6) is 0.727. The largest absolute Gasteiger partial charge is 0.310 e. The molecule has 1 N–H and O–H groups in total. The van der Waals surface area contributed by atoms with E-state index in [1.807, 2.05) is 12.1 Å². The van der Waals surface area contributed by atoms with E-state index >= 15 is 0 Å². The third-order valence-corrected chi connectivity index (χ3v) is 3.41. The minimum Gasteiger partial charge on any atom is -0.310 e. The Hall–Kier alpha value is -0.900. The first-order valence-corrected chi connectivity index (χ1v) is 5.90. The quantitative estimate of drug-likeness (QED) is 0.857. The molecule has 0 radical (unpaired) electrons. The molecule has 1 heterocycles. The van der Waals surface area contributed by atoms with Gasteiger partial charge in [-0.3, -0.25) is 4.79 Å². The lowest BCUT2D eigenvalue weighted by Crippen LogP contribution is -2.23. The zero-order valence-electron chi connectivity index (χ0n) is 8.59. The fraction of sp³-hybridized carbons (Fsp3) is 0.455. The summed E-state index contributed by atoms with van der Waals surface area (Å²) in [5, 5.41) is 2.86. The van der Waals surface area contributed by atoms with Gasteiger partial charge in [0, 0.05) is 5.41 Å². The van der Waals surface area contributed by atoms with E-state index in [-0.39, 0.29) is 11.3 Å². The van der Waals surface area contributed by atoms with Gasteiger partial charge in [-0.1, -0.05) is 13.0 Å². The monoisotopic (exact) mass is 268 g/mol. The molecule has 2 rings (SSSR count). The molecule has 1 fully saturated rings. The number of amides is 1. The summed E-state index contributed by atoms with van der Waals surface area (Å²) in [4.78, 5) is 16.0. The van der Waals surface area contributed by atoms with E-state index in [1.165, 1.54) is 0 Å². The van der Waals surface area contributed by atoms with Crippen LogP contribution in [-0.2, 0) is 4.79 Å². The lowest BCUT2D eigenvalue weighted by molar-refractivity contribution is -0.121. The van der Waals surface area contributed by atoms with Crippen LogP contribution in [0.15, 0.2) is 22.8 Å². The van der Waals surface area contributed by atoms with Crippen LogP contribution in [-0.4, -0.2) is 10.9 Å². The fourth-order valence-electron chi connectivity index (χ4n) is 1.62. The van der Waals surface area contributed by atoms with Crippen LogP contribution in [0.1, 0.15) is 26.2 Å². The maximum Gasteiger partial charge on any atom is 0.231 e. The van der Waals surface area contributed by atoms with E-state index in [2.05, 4.69) is 33.2 Å². The average Bonchev–Trinajstić information content (AvgIpc) is 2.98. The Bertz CT molecular complexity index is 388. The van der Waals surface area contributed by atoms with Gasteiger partial charge in [-0.05, 0) is 47.3 Å². The summed E-state index contributed by atoms with van der Waals surface area (Å²) in [6, 6.07) is 5.50. The third-order valence-electron chi connectivity index (χ3n) is 2.97. The van der Waals surface area contributed by atoms with Gasteiger partial charge in [0.05, 0.1) is 0 Å². The first-order chi connectivity index (χ1) is 7.16. The number of aromatic nitrogens is 1. The van der Waals surface area contributed by atoms with Gasteiger partial charge >= 0.3 is 0 Å². The van der Waals surface area contributed by atoms with Gasteiger partial charge in [-0.2, -0.15) is 0 Å².